The largest absolute Gasteiger partial charge is 0.388 e. The molecule has 2 rings (SSSR count). The molecule has 0 aromatic heterocycles. The molecule has 3 heteroatoms. The summed E-state index contributed by atoms with van der Waals surface area (Å²) in [4.78, 5) is 2.20. The Morgan fingerprint density at radius 3 is 2.89 bits per heavy atom. The quantitative estimate of drug-likeness (QED) is 0.871. The van der Waals surface area contributed by atoms with Crippen LogP contribution in [-0.2, 0) is 4.74 Å². The van der Waals surface area contributed by atoms with E-state index >= 15 is 0 Å². The number of benzene rings is 1. The molecular formula is C15H23NO2. The van der Waals surface area contributed by atoms with Crippen molar-refractivity contribution in [1.29, 1.82) is 0 Å². The van der Waals surface area contributed by atoms with Gasteiger partial charge in [0.2, 0.25) is 0 Å². The molecule has 1 N–H and O–H groups in total. The number of hydrogen-bond acceptors (Lipinski definition) is 3. The highest BCUT2D eigenvalue weighted by molar-refractivity contribution is 5.54. The topological polar surface area (TPSA) is 32.7 Å². The molecule has 1 aliphatic rings. The fourth-order valence-electron chi connectivity index (χ4n) is 2.53. The predicted molar refractivity (Wildman–Crippen MR) is 73.9 cm³/mol. The number of aliphatic hydroxyl groups excluding tert-OH is 1. The summed E-state index contributed by atoms with van der Waals surface area (Å²) < 4.78 is 5.67. The minimum Gasteiger partial charge on any atom is -0.388 e. The number of hydrogen-bond donors (Lipinski definition) is 1. The van der Waals surface area contributed by atoms with Crippen molar-refractivity contribution in [2.45, 2.75) is 38.4 Å². The summed E-state index contributed by atoms with van der Waals surface area (Å²) in [6, 6.07) is 8.09. The summed E-state index contributed by atoms with van der Waals surface area (Å²) in [5, 5.41) is 10.1. The average molecular weight is 249 g/mol. The second-order valence-electron chi connectivity index (χ2n) is 5.00. The van der Waals surface area contributed by atoms with Crippen molar-refractivity contribution in [2.75, 3.05) is 25.1 Å². The van der Waals surface area contributed by atoms with Crippen molar-refractivity contribution in [3.05, 3.63) is 29.8 Å². The zero-order valence-corrected chi connectivity index (χ0v) is 11.3. The lowest BCUT2D eigenvalue weighted by molar-refractivity contribution is 0.116. The highest BCUT2D eigenvalue weighted by Gasteiger charge is 2.19. The van der Waals surface area contributed by atoms with Gasteiger partial charge in [0.05, 0.1) is 12.2 Å². The molecular weight excluding hydrogens is 226 g/mol. The Bertz CT molecular complexity index is 375. The van der Waals surface area contributed by atoms with E-state index in [4.69, 9.17) is 4.74 Å². The lowest BCUT2D eigenvalue weighted by atomic mass is 10.0. The Morgan fingerprint density at radius 1 is 1.44 bits per heavy atom. The normalized spacial score (nSPS) is 20.9. The summed E-state index contributed by atoms with van der Waals surface area (Å²) in [6.45, 7) is 3.78. The van der Waals surface area contributed by atoms with Crippen molar-refractivity contribution < 1.29 is 9.84 Å². The summed E-state index contributed by atoms with van der Waals surface area (Å²) in [5.41, 5.74) is 2.13. The minimum absolute atomic E-state index is 0.335. The van der Waals surface area contributed by atoms with E-state index in [1.54, 1.807) is 0 Å². The summed E-state index contributed by atoms with van der Waals surface area (Å²) in [5.74, 6) is 0. The molecule has 2 atom stereocenters. The van der Waals surface area contributed by atoms with E-state index in [1.807, 2.05) is 25.1 Å². The first-order chi connectivity index (χ1) is 8.72. The van der Waals surface area contributed by atoms with Crippen molar-refractivity contribution >= 4 is 5.69 Å². The van der Waals surface area contributed by atoms with Crippen LogP contribution in [0.15, 0.2) is 24.3 Å². The van der Waals surface area contributed by atoms with E-state index in [9.17, 15) is 5.11 Å². The number of likely N-dealkylation sites (N-methyl/N-ethyl adjacent to an activating group) is 1. The maximum absolute atomic E-state index is 10.1. The number of anilines is 1. The van der Waals surface area contributed by atoms with Crippen LogP contribution in [-0.4, -0.2) is 31.4 Å². The Hall–Kier alpha value is -1.06. The van der Waals surface area contributed by atoms with Crippen LogP contribution in [0.5, 0.6) is 0 Å². The zero-order chi connectivity index (χ0) is 13.0. The monoisotopic (exact) mass is 249 g/mol. The van der Waals surface area contributed by atoms with Gasteiger partial charge in [-0.3, -0.25) is 0 Å². The highest BCUT2D eigenvalue weighted by atomic mass is 16.5. The molecule has 0 radical (unpaired) electrons. The lowest BCUT2D eigenvalue weighted by Crippen LogP contribution is -2.29. The molecule has 1 aromatic rings. The predicted octanol–water partition coefficient (Wildman–Crippen LogP) is 2.75. The molecule has 0 spiro atoms. The van der Waals surface area contributed by atoms with Crippen LogP contribution in [0.3, 0.4) is 0 Å². The van der Waals surface area contributed by atoms with Gasteiger partial charge in [-0.25, -0.2) is 0 Å². The van der Waals surface area contributed by atoms with E-state index in [0.717, 1.165) is 43.7 Å². The van der Waals surface area contributed by atoms with Crippen LogP contribution in [0.2, 0.25) is 0 Å². The van der Waals surface area contributed by atoms with Crippen molar-refractivity contribution in [3.8, 4) is 0 Å². The third-order valence-electron chi connectivity index (χ3n) is 3.60. The zero-order valence-electron chi connectivity index (χ0n) is 11.3. The van der Waals surface area contributed by atoms with Crippen molar-refractivity contribution in [2.24, 2.45) is 0 Å². The van der Waals surface area contributed by atoms with Crippen molar-refractivity contribution in [1.82, 2.24) is 0 Å². The van der Waals surface area contributed by atoms with E-state index in [-0.39, 0.29) is 6.10 Å². The molecule has 0 saturated carbocycles. The van der Waals surface area contributed by atoms with Crippen LogP contribution in [0.1, 0.15) is 37.9 Å². The molecule has 1 aliphatic heterocycles. The molecule has 3 nitrogen and oxygen atoms in total. The molecule has 0 aliphatic carbocycles. The fourth-order valence-corrected chi connectivity index (χ4v) is 2.53. The molecule has 1 heterocycles. The lowest BCUT2D eigenvalue weighted by Gasteiger charge is -2.26. The summed E-state index contributed by atoms with van der Waals surface area (Å²) >= 11 is 0. The standard InChI is InChI=1S/C15H23NO2/c1-3-15(17)13-8-4-5-9-14(13)16(2)11-12-7-6-10-18-12/h4-5,8-9,12,15,17H,3,6-7,10-11H2,1-2H3/t12?,15-/m1/s1. The molecule has 1 fully saturated rings. The van der Waals surface area contributed by atoms with E-state index in [2.05, 4.69) is 18.0 Å². The maximum atomic E-state index is 10.1. The molecule has 1 saturated heterocycles. The Morgan fingerprint density at radius 2 is 2.22 bits per heavy atom. The second kappa shape index (κ2) is 6.21. The molecule has 0 bridgehead atoms. The van der Waals surface area contributed by atoms with Gasteiger partial charge in [-0.1, -0.05) is 25.1 Å². The Kier molecular flexibility index (Phi) is 4.61. The van der Waals surface area contributed by atoms with Gasteiger partial charge in [0.1, 0.15) is 0 Å². The number of aliphatic hydroxyl groups is 1. The van der Waals surface area contributed by atoms with Gasteiger partial charge in [-0.15, -0.1) is 0 Å². The van der Waals surface area contributed by atoms with Gasteiger partial charge in [-0.2, -0.15) is 0 Å². The SMILES string of the molecule is CC[C@@H](O)c1ccccc1N(C)CC1CCCO1. The third-order valence-corrected chi connectivity index (χ3v) is 3.60. The van der Waals surface area contributed by atoms with Gasteiger partial charge in [0, 0.05) is 31.5 Å². The first-order valence-corrected chi connectivity index (χ1v) is 6.82. The van der Waals surface area contributed by atoms with Crippen LogP contribution >= 0.6 is 0 Å². The summed E-state index contributed by atoms with van der Waals surface area (Å²) in [6.07, 6.45) is 3.00. The highest BCUT2D eigenvalue weighted by Crippen LogP contribution is 2.28. The molecule has 1 unspecified atom stereocenters. The van der Waals surface area contributed by atoms with Gasteiger partial charge in [0.15, 0.2) is 0 Å². The first kappa shape index (κ1) is 13.4. The molecule has 0 amide bonds. The van der Waals surface area contributed by atoms with Gasteiger partial charge >= 0.3 is 0 Å². The molecule has 1 aromatic carbocycles. The van der Waals surface area contributed by atoms with Gasteiger partial charge in [0.25, 0.3) is 0 Å². The minimum atomic E-state index is -0.381. The van der Waals surface area contributed by atoms with Crippen LogP contribution in [0, 0.1) is 0 Å². The Labute approximate surface area is 109 Å². The summed E-state index contributed by atoms with van der Waals surface area (Å²) in [7, 11) is 2.07. The number of ether oxygens (including phenoxy) is 1. The fraction of sp³-hybridized carbons (Fsp3) is 0.600. The number of rotatable bonds is 5. The van der Waals surface area contributed by atoms with E-state index in [0.29, 0.717) is 6.10 Å². The van der Waals surface area contributed by atoms with E-state index in [1.165, 1.54) is 0 Å². The average Bonchev–Trinajstić information content (AvgIpc) is 2.90. The van der Waals surface area contributed by atoms with Crippen LogP contribution in [0.25, 0.3) is 0 Å². The van der Waals surface area contributed by atoms with Crippen molar-refractivity contribution in [3.63, 3.8) is 0 Å². The van der Waals surface area contributed by atoms with E-state index < -0.39 is 0 Å². The molecule has 100 valence electrons. The second-order valence-corrected chi connectivity index (χ2v) is 5.00. The maximum Gasteiger partial charge on any atom is 0.0807 e. The van der Waals surface area contributed by atoms with Crippen LogP contribution < -0.4 is 4.90 Å². The third kappa shape index (κ3) is 3.03. The van der Waals surface area contributed by atoms with Crippen LogP contribution in [0.4, 0.5) is 5.69 Å². The van der Waals surface area contributed by atoms with Gasteiger partial charge in [-0.05, 0) is 25.3 Å². The number of para-hydroxylation sites is 1. The van der Waals surface area contributed by atoms with Gasteiger partial charge < -0.3 is 14.7 Å². The Balaban J connectivity index is 2.10. The molecule has 18 heavy (non-hydrogen) atoms. The first-order valence-electron chi connectivity index (χ1n) is 6.82. The number of nitrogens with zero attached hydrogens (tertiary/aromatic N) is 1. The smallest absolute Gasteiger partial charge is 0.0807 e.